The molecule has 1 N–H and O–H groups in total. The first-order chi connectivity index (χ1) is 14.4. The molecule has 0 saturated heterocycles. The molecule has 0 saturated carbocycles. The van der Waals surface area contributed by atoms with Gasteiger partial charge in [0, 0.05) is 13.2 Å². The monoisotopic (exact) mass is 472 g/mol. The van der Waals surface area contributed by atoms with Gasteiger partial charge in [0.15, 0.2) is 46.5 Å². The van der Waals surface area contributed by atoms with E-state index in [0.717, 1.165) is 18.2 Å². The van der Waals surface area contributed by atoms with Gasteiger partial charge in [-0.25, -0.2) is 43.9 Å². The summed E-state index contributed by atoms with van der Waals surface area (Å²) in [5, 5.41) is 5.62. The normalized spacial score (nSPS) is 11.5. The molecule has 0 aromatic heterocycles. The molecule has 0 aliphatic rings. The Morgan fingerprint density at radius 1 is 0.548 bits per heavy atom. The molecule has 3 aromatic carbocycles. The van der Waals surface area contributed by atoms with E-state index in [2.05, 4.69) is 0 Å². The molecule has 1 nitrogen and oxygen atoms in total. The van der Waals surface area contributed by atoms with Crippen LogP contribution in [0.1, 0.15) is 5.56 Å². The molecule has 0 atom stereocenters. The number of hydrogen-bond donors (Lipinski definition) is 1. The maximum Gasteiger partial charge on any atom is 0.200 e. The van der Waals surface area contributed by atoms with Crippen LogP contribution in [0, 0.1) is 65.1 Å². The van der Waals surface area contributed by atoms with Crippen molar-refractivity contribution in [2.75, 3.05) is 0 Å². The molecule has 12 heteroatoms. The Hall–Kier alpha value is -2.81. The first kappa shape index (κ1) is 22.9. The van der Waals surface area contributed by atoms with Gasteiger partial charge in [0.2, 0.25) is 11.6 Å². The predicted octanol–water partition coefficient (Wildman–Crippen LogP) is 4.85. The van der Waals surface area contributed by atoms with Crippen LogP contribution in [0.3, 0.4) is 0 Å². The minimum atomic E-state index is -3.70. The Morgan fingerprint density at radius 2 is 0.871 bits per heavy atom. The summed E-state index contributed by atoms with van der Waals surface area (Å²) in [6.45, 7) is 1.41. The molecule has 3 rings (SSSR count). The topological polar surface area (TPSA) is 20.2 Å². The Balaban J connectivity index is 2.55. The van der Waals surface area contributed by atoms with Crippen molar-refractivity contribution in [3.8, 4) is 5.75 Å². The van der Waals surface area contributed by atoms with E-state index in [9.17, 15) is 49.0 Å². The van der Waals surface area contributed by atoms with Crippen molar-refractivity contribution >= 4 is 23.8 Å². The summed E-state index contributed by atoms with van der Waals surface area (Å²) in [6, 6.07) is 2.84. The molecule has 3 aromatic rings. The van der Waals surface area contributed by atoms with Gasteiger partial charge in [-0.05, 0) is 24.6 Å². The van der Waals surface area contributed by atoms with Gasteiger partial charge in [-0.2, -0.15) is 0 Å². The van der Waals surface area contributed by atoms with E-state index in [1.807, 2.05) is 0 Å². The van der Waals surface area contributed by atoms with Crippen LogP contribution in [0.15, 0.2) is 18.2 Å². The highest BCUT2D eigenvalue weighted by molar-refractivity contribution is 7.80. The average molecular weight is 472 g/mol. The van der Waals surface area contributed by atoms with Gasteiger partial charge < -0.3 is 5.11 Å². The third-order valence-corrected chi connectivity index (χ3v) is 6.73. The van der Waals surface area contributed by atoms with Crippen LogP contribution in [-0.2, 0) is 0 Å². The molecule has 0 aliphatic carbocycles. The van der Waals surface area contributed by atoms with E-state index in [0.29, 0.717) is 5.56 Å². The summed E-state index contributed by atoms with van der Waals surface area (Å²) < 4.78 is 140. The summed E-state index contributed by atoms with van der Waals surface area (Å²) >= 11 is 0. The van der Waals surface area contributed by atoms with Crippen LogP contribution in [0.2, 0.25) is 0 Å². The van der Waals surface area contributed by atoms with E-state index in [-0.39, 0.29) is 0 Å². The van der Waals surface area contributed by atoms with Crippen molar-refractivity contribution in [1.29, 1.82) is 0 Å². The molecular weight excluding hydrogens is 465 g/mol. The second kappa shape index (κ2) is 8.03. The molecular formula is C19H7F10OP. The van der Waals surface area contributed by atoms with Gasteiger partial charge in [-0.1, -0.05) is 6.07 Å². The van der Waals surface area contributed by atoms with Crippen molar-refractivity contribution in [3.63, 3.8) is 0 Å². The maximum absolute atomic E-state index is 14.5. The Labute approximate surface area is 168 Å². The second-order valence-corrected chi connectivity index (χ2v) is 8.21. The molecule has 31 heavy (non-hydrogen) atoms. The summed E-state index contributed by atoms with van der Waals surface area (Å²) in [5.74, 6) is -26.3. The van der Waals surface area contributed by atoms with Crippen molar-refractivity contribution in [1.82, 2.24) is 0 Å². The fourth-order valence-corrected chi connectivity index (χ4v) is 5.16. The van der Waals surface area contributed by atoms with Crippen LogP contribution in [0.25, 0.3) is 0 Å². The Morgan fingerprint density at radius 3 is 1.19 bits per heavy atom. The minimum absolute atomic E-state index is 0.297. The summed E-state index contributed by atoms with van der Waals surface area (Å²) in [5.41, 5.74) is 0.297. The molecule has 0 heterocycles. The SMILES string of the molecule is Cc1ccc(P(c2c(F)c(F)c(F)c(F)c2F)c2c(F)c(F)c(F)c(F)c2F)c(O)c1. The number of aryl methyl sites for hydroxylation is 1. The maximum atomic E-state index is 14.5. The van der Waals surface area contributed by atoms with Gasteiger partial charge >= 0.3 is 0 Å². The van der Waals surface area contributed by atoms with Crippen LogP contribution < -0.4 is 15.9 Å². The number of hydrogen-bond acceptors (Lipinski definition) is 1. The zero-order valence-corrected chi connectivity index (χ0v) is 15.8. The highest BCUT2D eigenvalue weighted by Crippen LogP contribution is 2.42. The molecule has 0 amide bonds. The van der Waals surface area contributed by atoms with Gasteiger partial charge in [0.25, 0.3) is 0 Å². The van der Waals surface area contributed by atoms with E-state index in [1.54, 1.807) is 0 Å². The van der Waals surface area contributed by atoms with Crippen LogP contribution in [0.5, 0.6) is 5.75 Å². The summed E-state index contributed by atoms with van der Waals surface area (Å²) in [7, 11) is -3.70. The zero-order valence-electron chi connectivity index (χ0n) is 14.9. The highest BCUT2D eigenvalue weighted by atomic mass is 31.1. The number of aromatic hydroxyl groups is 1. The lowest BCUT2D eigenvalue weighted by Crippen LogP contribution is -2.33. The van der Waals surface area contributed by atoms with Crippen molar-refractivity contribution in [2.45, 2.75) is 6.92 Å². The molecule has 0 radical (unpaired) electrons. The van der Waals surface area contributed by atoms with Crippen molar-refractivity contribution in [3.05, 3.63) is 81.9 Å². The van der Waals surface area contributed by atoms with E-state index in [4.69, 9.17) is 0 Å². The van der Waals surface area contributed by atoms with Crippen LogP contribution in [0.4, 0.5) is 43.9 Å². The summed E-state index contributed by atoms with van der Waals surface area (Å²) in [4.78, 5) is 0. The molecule has 164 valence electrons. The number of phenols is 1. The largest absolute Gasteiger partial charge is 0.507 e. The molecule has 0 aliphatic heterocycles. The molecule has 0 spiro atoms. The Kier molecular flexibility index (Phi) is 5.92. The fourth-order valence-electron chi connectivity index (χ4n) is 2.75. The second-order valence-electron chi connectivity index (χ2n) is 6.16. The quantitative estimate of drug-likeness (QED) is 0.250. The number of phenolic OH excluding ortho intramolecular Hbond substituents is 1. The zero-order chi connectivity index (χ0) is 23.4. The van der Waals surface area contributed by atoms with Gasteiger partial charge in [-0.3, -0.25) is 0 Å². The Bertz CT molecular complexity index is 1100. The van der Waals surface area contributed by atoms with Crippen LogP contribution >= 0.6 is 7.92 Å². The van der Waals surface area contributed by atoms with Crippen molar-refractivity contribution in [2.24, 2.45) is 0 Å². The molecule has 0 fully saturated rings. The first-order valence-corrected chi connectivity index (χ1v) is 9.36. The van der Waals surface area contributed by atoms with Crippen LogP contribution in [-0.4, -0.2) is 5.11 Å². The van der Waals surface area contributed by atoms with E-state index in [1.165, 1.54) is 6.92 Å². The predicted molar refractivity (Wildman–Crippen MR) is 91.1 cm³/mol. The highest BCUT2D eigenvalue weighted by Gasteiger charge is 2.39. The third kappa shape index (κ3) is 3.50. The number of halogens is 10. The lowest BCUT2D eigenvalue weighted by Gasteiger charge is -2.23. The van der Waals surface area contributed by atoms with E-state index >= 15 is 0 Å². The lowest BCUT2D eigenvalue weighted by molar-refractivity contribution is 0.383. The fraction of sp³-hybridized carbons (Fsp3) is 0.0526. The van der Waals surface area contributed by atoms with Gasteiger partial charge in [-0.15, -0.1) is 0 Å². The van der Waals surface area contributed by atoms with Gasteiger partial charge in [0.05, 0.1) is 10.6 Å². The standard InChI is InChI=1S/C19H7F10OP/c1-5-2-3-7(6(30)4-5)31(18-14(26)10(22)8(20)11(23)15(18)27)19-16(28)12(24)9(21)13(25)17(19)29/h2-4,30H,1H3. The summed E-state index contributed by atoms with van der Waals surface area (Å²) in [6.07, 6.45) is 0. The van der Waals surface area contributed by atoms with Gasteiger partial charge in [0.1, 0.15) is 5.75 Å². The number of rotatable bonds is 3. The average Bonchev–Trinajstić information content (AvgIpc) is 2.73. The number of benzene rings is 3. The lowest BCUT2D eigenvalue weighted by atomic mass is 10.2. The minimum Gasteiger partial charge on any atom is -0.507 e. The van der Waals surface area contributed by atoms with Crippen molar-refractivity contribution < 1.29 is 49.0 Å². The van der Waals surface area contributed by atoms with E-state index < -0.39 is 87.8 Å². The smallest absolute Gasteiger partial charge is 0.200 e. The third-order valence-electron chi connectivity index (χ3n) is 4.19. The first-order valence-electron chi connectivity index (χ1n) is 8.02. The molecule has 0 bridgehead atoms. The molecule has 0 unspecified atom stereocenters.